The normalized spacial score (nSPS) is 10.7. The minimum atomic E-state index is -1.94. The van der Waals surface area contributed by atoms with Crippen molar-refractivity contribution in [1.82, 2.24) is 0 Å². The van der Waals surface area contributed by atoms with Crippen LogP contribution in [0, 0.1) is 6.92 Å². The summed E-state index contributed by atoms with van der Waals surface area (Å²) in [5.74, 6) is -0.210. The lowest BCUT2D eigenvalue weighted by Gasteiger charge is -2.25. The van der Waals surface area contributed by atoms with Crippen molar-refractivity contribution in [3.05, 3.63) is 77.5 Å². The van der Waals surface area contributed by atoms with Crippen molar-refractivity contribution in [3.8, 4) is 0 Å². The first-order valence-electron chi connectivity index (χ1n) is 8.69. The van der Waals surface area contributed by atoms with E-state index in [4.69, 9.17) is 4.74 Å². The van der Waals surface area contributed by atoms with Crippen LogP contribution in [-0.4, -0.2) is 20.7 Å². The molecule has 0 N–H and O–H groups in total. The fraction of sp³-hybridized carbons (Fsp3) is 0.273. The fourth-order valence-electron chi connectivity index (χ4n) is 2.88. The van der Waals surface area contributed by atoms with Crippen LogP contribution in [0.15, 0.2) is 66.4 Å². The Hall–Kier alpha value is -2.35. The van der Waals surface area contributed by atoms with Gasteiger partial charge in [0.1, 0.15) is 8.07 Å². The van der Waals surface area contributed by atoms with E-state index in [1.165, 1.54) is 21.5 Å². The summed E-state index contributed by atoms with van der Waals surface area (Å²) in [5, 5.41) is 2.55. The van der Waals surface area contributed by atoms with Crippen LogP contribution in [0.2, 0.25) is 13.1 Å². The van der Waals surface area contributed by atoms with E-state index in [0.29, 0.717) is 6.61 Å². The van der Waals surface area contributed by atoms with Gasteiger partial charge in [-0.15, -0.1) is 5.73 Å². The highest BCUT2D eigenvalue weighted by Crippen LogP contribution is 2.26. The summed E-state index contributed by atoms with van der Waals surface area (Å²) in [7, 11) is -1.94. The molecular formula is C22H26O2Si. The molecule has 0 aliphatic heterocycles. The zero-order valence-corrected chi connectivity index (χ0v) is 16.5. The molecule has 130 valence electrons. The second kappa shape index (κ2) is 8.66. The molecule has 0 aliphatic rings. The largest absolute Gasteiger partial charge is 0.466 e. The lowest BCUT2D eigenvalue weighted by Crippen LogP contribution is -2.42. The third-order valence-corrected chi connectivity index (χ3v) is 7.71. The van der Waals surface area contributed by atoms with Gasteiger partial charge >= 0.3 is 5.97 Å². The predicted molar refractivity (Wildman–Crippen MR) is 107 cm³/mol. The Morgan fingerprint density at radius 3 is 2.48 bits per heavy atom. The molecule has 2 aromatic carbocycles. The SMILES string of the molecule is CCOC(=O)CC=C=C(c1cccc(C)c1)[Si](C)(C)c1ccccc1. The van der Waals surface area contributed by atoms with Gasteiger partial charge < -0.3 is 4.74 Å². The van der Waals surface area contributed by atoms with Gasteiger partial charge in [-0.1, -0.05) is 78.4 Å². The molecule has 0 spiro atoms. The van der Waals surface area contributed by atoms with Crippen LogP contribution in [0.1, 0.15) is 24.5 Å². The van der Waals surface area contributed by atoms with E-state index in [0.717, 1.165) is 0 Å². The standard InChI is InChI=1S/C22H26O2Si/c1-5-24-22(23)16-10-15-21(19-12-9-11-18(2)17-19)25(3,4)20-13-7-6-8-14-20/h6-14,17H,5,16H2,1-4H3. The van der Waals surface area contributed by atoms with E-state index in [-0.39, 0.29) is 12.4 Å². The summed E-state index contributed by atoms with van der Waals surface area (Å²) in [6, 6.07) is 19.1. The molecule has 2 nitrogen and oxygen atoms in total. The molecular weight excluding hydrogens is 324 g/mol. The first kappa shape index (κ1) is 19.0. The molecule has 0 radical (unpaired) electrons. The first-order valence-corrected chi connectivity index (χ1v) is 11.7. The second-order valence-electron chi connectivity index (χ2n) is 6.59. The van der Waals surface area contributed by atoms with Crippen molar-refractivity contribution in [2.45, 2.75) is 33.4 Å². The summed E-state index contributed by atoms with van der Waals surface area (Å²) in [6.45, 7) is 8.98. The monoisotopic (exact) mass is 350 g/mol. The third kappa shape index (κ3) is 5.06. The Morgan fingerprint density at radius 1 is 1.12 bits per heavy atom. The Balaban J connectivity index is 2.49. The van der Waals surface area contributed by atoms with Gasteiger partial charge in [0, 0.05) is 0 Å². The van der Waals surface area contributed by atoms with Crippen molar-refractivity contribution in [3.63, 3.8) is 0 Å². The molecule has 0 atom stereocenters. The van der Waals surface area contributed by atoms with Crippen LogP contribution < -0.4 is 5.19 Å². The molecule has 2 rings (SSSR count). The lowest BCUT2D eigenvalue weighted by atomic mass is 10.1. The molecule has 0 saturated heterocycles. The average molecular weight is 351 g/mol. The minimum absolute atomic E-state index is 0.210. The molecule has 0 saturated carbocycles. The highest BCUT2D eigenvalue weighted by molar-refractivity contribution is 7.04. The predicted octanol–water partition coefficient (Wildman–Crippen LogP) is 4.64. The van der Waals surface area contributed by atoms with Gasteiger partial charge in [-0.3, -0.25) is 4.79 Å². The molecule has 0 unspecified atom stereocenters. The van der Waals surface area contributed by atoms with Crippen LogP contribution in [0.3, 0.4) is 0 Å². The number of esters is 1. The minimum Gasteiger partial charge on any atom is -0.466 e. The number of benzene rings is 2. The maximum Gasteiger partial charge on any atom is 0.310 e. The summed E-state index contributed by atoms with van der Waals surface area (Å²) >= 11 is 0. The zero-order valence-electron chi connectivity index (χ0n) is 15.5. The summed E-state index contributed by atoms with van der Waals surface area (Å²) in [4.78, 5) is 11.6. The van der Waals surface area contributed by atoms with Crippen molar-refractivity contribution in [2.24, 2.45) is 0 Å². The van der Waals surface area contributed by atoms with E-state index in [1.807, 2.05) is 19.1 Å². The highest BCUT2D eigenvalue weighted by Gasteiger charge is 2.29. The summed E-state index contributed by atoms with van der Waals surface area (Å²) < 4.78 is 5.01. The molecule has 0 aliphatic carbocycles. The molecule has 0 amide bonds. The summed E-state index contributed by atoms with van der Waals surface area (Å²) in [6.07, 6.45) is 2.07. The molecule has 0 bridgehead atoms. The number of rotatable bonds is 6. The fourth-order valence-corrected chi connectivity index (χ4v) is 5.54. The van der Waals surface area contributed by atoms with E-state index in [1.54, 1.807) is 0 Å². The van der Waals surface area contributed by atoms with Crippen molar-refractivity contribution < 1.29 is 9.53 Å². The van der Waals surface area contributed by atoms with E-state index in [9.17, 15) is 4.79 Å². The van der Waals surface area contributed by atoms with Gasteiger partial charge in [0.15, 0.2) is 0 Å². The number of hydrogen-bond donors (Lipinski definition) is 0. The molecule has 3 heteroatoms. The molecule has 2 aromatic rings. The smallest absolute Gasteiger partial charge is 0.310 e. The maximum absolute atomic E-state index is 11.6. The molecule has 25 heavy (non-hydrogen) atoms. The van der Waals surface area contributed by atoms with E-state index < -0.39 is 8.07 Å². The van der Waals surface area contributed by atoms with Crippen LogP contribution >= 0.6 is 0 Å². The molecule has 0 fully saturated rings. The highest BCUT2D eigenvalue weighted by atomic mass is 28.3. The topological polar surface area (TPSA) is 26.3 Å². The van der Waals surface area contributed by atoms with Gasteiger partial charge in [-0.05, 0) is 30.7 Å². The number of ether oxygens (including phenoxy) is 1. The zero-order chi connectivity index (χ0) is 18.3. The summed E-state index contributed by atoms with van der Waals surface area (Å²) in [5.41, 5.74) is 5.85. The van der Waals surface area contributed by atoms with Gasteiger partial charge in [-0.25, -0.2) is 0 Å². The van der Waals surface area contributed by atoms with E-state index in [2.05, 4.69) is 74.3 Å². The van der Waals surface area contributed by atoms with Crippen LogP contribution in [0.4, 0.5) is 0 Å². The number of carbonyl (C=O) groups excluding carboxylic acids is 1. The van der Waals surface area contributed by atoms with Crippen LogP contribution in [0.5, 0.6) is 0 Å². The van der Waals surface area contributed by atoms with Crippen LogP contribution in [-0.2, 0) is 9.53 Å². The van der Waals surface area contributed by atoms with Gasteiger partial charge in [0.05, 0.1) is 13.0 Å². The lowest BCUT2D eigenvalue weighted by molar-refractivity contribution is -0.142. The van der Waals surface area contributed by atoms with Crippen molar-refractivity contribution in [1.29, 1.82) is 0 Å². The van der Waals surface area contributed by atoms with Crippen molar-refractivity contribution in [2.75, 3.05) is 6.61 Å². The third-order valence-electron chi connectivity index (χ3n) is 4.25. The molecule has 0 aromatic heterocycles. The average Bonchev–Trinajstić information content (AvgIpc) is 2.59. The van der Waals surface area contributed by atoms with E-state index >= 15 is 0 Å². The Bertz CT molecular complexity index is 785. The Labute approximate surface area is 151 Å². The first-order chi connectivity index (χ1) is 11.9. The van der Waals surface area contributed by atoms with Crippen molar-refractivity contribution >= 4 is 24.4 Å². The second-order valence-corrected chi connectivity index (χ2v) is 10.9. The van der Waals surface area contributed by atoms with Gasteiger partial charge in [0.25, 0.3) is 0 Å². The van der Waals surface area contributed by atoms with Crippen LogP contribution in [0.25, 0.3) is 5.20 Å². The number of carbonyl (C=O) groups is 1. The Kier molecular flexibility index (Phi) is 6.57. The number of hydrogen-bond acceptors (Lipinski definition) is 2. The quantitative estimate of drug-likeness (QED) is 0.431. The van der Waals surface area contributed by atoms with Gasteiger partial charge in [0.2, 0.25) is 0 Å². The molecule has 0 heterocycles. The number of aryl methyl sites for hydroxylation is 1. The maximum atomic E-state index is 11.6. The van der Waals surface area contributed by atoms with Gasteiger partial charge in [-0.2, -0.15) is 0 Å². The Morgan fingerprint density at radius 2 is 1.84 bits per heavy atom.